The second-order valence-corrected chi connectivity index (χ2v) is 6.11. The van der Waals surface area contributed by atoms with Gasteiger partial charge in [0.05, 0.1) is 13.7 Å². The van der Waals surface area contributed by atoms with Crippen molar-refractivity contribution in [2.24, 2.45) is 0 Å². The smallest absolute Gasteiger partial charge is 0.240 e. The van der Waals surface area contributed by atoms with E-state index in [-0.39, 0.29) is 0 Å². The first-order valence-corrected chi connectivity index (χ1v) is 8.49. The van der Waals surface area contributed by atoms with Gasteiger partial charge in [0.15, 0.2) is 5.82 Å². The van der Waals surface area contributed by atoms with E-state index in [2.05, 4.69) is 40.2 Å². The van der Waals surface area contributed by atoms with E-state index in [4.69, 9.17) is 9.26 Å². The lowest BCUT2D eigenvalue weighted by molar-refractivity contribution is 0.123. The van der Waals surface area contributed by atoms with Crippen LogP contribution in [0.4, 0.5) is 0 Å². The molecule has 2 heterocycles. The van der Waals surface area contributed by atoms with Gasteiger partial charge < -0.3 is 9.26 Å². The molecule has 1 atom stereocenters. The van der Waals surface area contributed by atoms with E-state index in [1.54, 1.807) is 7.11 Å². The summed E-state index contributed by atoms with van der Waals surface area (Å²) in [6, 6.07) is 8.76. The Balaban J connectivity index is 1.75. The summed E-state index contributed by atoms with van der Waals surface area (Å²) in [5.41, 5.74) is 1.30. The molecule has 1 unspecified atom stereocenters. The van der Waals surface area contributed by atoms with Crippen LogP contribution in [0.3, 0.4) is 0 Å². The fourth-order valence-electron chi connectivity index (χ4n) is 3.26. The standard InChI is InChI=1S/C18H25N3O2/c1-3-7-17-19-18(23-20-17)13-21-11-5-4-10-16(21)14-8-6-9-15(12-14)22-2/h6,8-9,12,16H,3-5,7,10-11,13H2,1-2H3. The minimum atomic E-state index is 0.389. The molecule has 1 aliphatic heterocycles. The average Bonchev–Trinajstić information content (AvgIpc) is 3.03. The van der Waals surface area contributed by atoms with Crippen molar-refractivity contribution >= 4 is 0 Å². The van der Waals surface area contributed by atoms with Crippen molar-refractivity contribution in [2.45, 2.75) is 51.6 Å². The minimum absolute atomic E-state index is 0.389. The number of aromatic nitrogens is 2. The average molecular weight is 315 g/mol. The van der Waals surface area contributed by atoms with Crippen LogP contribution in [-0.4, -0.2) is 28.7 Å². The van der Waals surface area contributed by atoms with Crippen LogP contribution < -0.4 is 4.74 Å². The van der Waals surface area contributed by atoms with Gasteiger partial charge in [0.25, 0.3) is 0 Å². The van der Waals surface area contributed by atoms with E-state index in [1.807, 2.05) is 6.07 Å². The van der Waals surface area contributed by atoms with Crippen molar-refractivity contribution in [2.75, 3.05) is 13.7 Å². The third-order valence-corrected chi connectivity index (χ3v) is 4.41. The summed E-state index contributed by atoms with van der Waals surface area (Å²) in [5, 5.41) is 4.06. The lowest BCUT2D eigenvalue weighted by atomic mass is 9.95. The van der Waals surface area contributed by atoms with Gasteiger partial charge >= 0.3 is 0 Å². The van der Waals surface area contributed by atoms with Gasteiger partial charge in [0.1, 0.15) is 5.75 Å². The lowest BCUT2D eigenvalue weighted by Gasteiger charge is -2.35. The predicted octanol–water partition coefficient (Wildman–Crippen LogP) is 3.76. The molecular weight excluding hydrogens is 290 g/mol. The fraction of sp³-hybridized carbons (Fsp3) is 0.556. The van der Waals surface area contributed by atoms with Crippen molar-refractivity contribution in [3.8, 4) is 5.75 Å². The maximum atomic E-state index is 5.42. The first kappa shape index (κ1) is 16.0. The van der Waals surface area contributed by atoms with Crippen LogP contribution in [0.2, 0.25) is 0 Å². The molecule has 2 aromatic rings. The summed E-state index contributed by atoms with van der Waals surface area (Å²) >= 11 is 0. The van der Waals surface area contributed by atoms with Crippen molar-refractivity contribution in [1.29, 1.82) is 0 Å². The van der Waals surface area contributed by atoms with E-state index in [0.29, 0.717) is 6.04 Å². The monoisotopic (exact) mass is 315 g/mol. The molecule has 0 aliphatic carbocycles. The quantitative estimate of drug-likeness (QED) is 0.812. The molecule has 0 bridgehead atoms. The number of rotatable bonds is 6. The fourth-order valence-corrected chi connectivity index (χ4v) is 3.26. The Morgan fingerprint density at radius 2 is 2.26 bits per heavy atom. The van der Waals surface area contributed by atoms with Crippen molar-refractivity contribution in [1.82, 2.24) is 15.0 Å². The molecule has 1 aromatic carbocycles. The Morgan fingerprint density at radius 1 is 1.35 bits per heavy atom. The first-order chi connectivity index (χ1) is 11.3. The van der Waals surface area contributed by atoms with Gasteiger partial charge in [0, 0.05) is 12.5 Å². The zero-order valence-corrected chi connectivity index (χ0v) is 14.0. The molecule has 5 heteroatoms. The molecule has 23 heavy (non-hydrogen) atoms. The van der Waals surface area contributed by atoms with Crippen LogP contribution in [0.5, 0.6) is 5.75 Å². The van der Waals surface area contributed by atoms with Crippen LogP contribution in [0, 0.1) is 0 Å². The largest absolute Gasteiger partial charge is 0.497 e. The topological polar surface area (TPSA) is 51.4 Å². The molecule has 3 rings (SSSR count). The van der Waals surface area contributed by atoms with Gasteiger partial charge in [-0.15, -0.1) is 0 Å². The Labute approximate surface area is 137 Å². The molecule has 1 saturated heterocycles. The molecule has 1 fully saturated rings. The Morgan fingerprint density at radius 3 is 3.09 bits per heavy atom. The maximum Gasteiger partial charge on any atom is 0.240 e. The minimum Gasteiger partial charge on any atom is -0.497 e. The normalized spacial score (nSPS) is 19.0. The van der Waals surface area contributed by atoms with Crippen LogP contribution in [0.15, 0.2) is 28.8 Å². The molecule has 0 radical (unpaired) electrons. The number of ether oxygens (including phenoxy) is 1. The number of benzene rings is 1. The van der Waals surface area contributed by atoms with E-state index in [0.717, 1.165) is 49.8 Å². The molecule has 124 valence electrons. The first-order valence-electron chi connectivity index (χ1n) is 8.49. The molecule has 0 spiro atoms. The highest BCUT2D eigenvalue weighted by atomic mass is 16.5. The summed E-state index contributed by atoms with van der Waals surface area (Å²) < 4.78 is 10.8. The molecule has 0 amide bonds. The molecule has 0 N–H and O–H groups in total. The SMILES string of the molecule is CCCc1noc(CN2CCCCC2c2cccc(OC)c2)n1. The van der Waals surface area contributed by atoms with E-state index in [1.165, 1.54) is 18.4 Å². The van der Waals surface area contributed by atoms with Crippen LogP contribution in [0.25, 0.3) is 0 Å². The number of methoxy groups -OCH3 is 1. The number of aryl methyl sites for hydroxylation is 1. The third kappa shape index (κ3) is 3.91. The molecule has 1 aliphatic rings. The van der Waals surface area contributed by atoms with Crippen LogP contribution in [0.1, 0.15) is 55.9 Å². The van der Waals surface area contributed by atoms with Crippen molar-refractivity contribution in [3.05, 3.63) is 41.5 Å². The summed E-state index contributed by atoms with van der Waals surface area (Å²) in [6.07, 6.45) is 5.54. The number of piperidine rings is 1. The molecule has 1 aromatic heterocycles. The summed E-state index contributed by atoms with van der Waals surface area (Å²) in [5.74, 6) is 2.46. The van der Waals surface area contributed by atoms with Crippen LogP contribution in [-0.2, 0) is 13.0 Å². The highest BCUT2D eigenvalue weighted by Crippen LogP contribution is 2.33. The Kier molecular flexibility index (Phi) is 5.28. The summed E-state index contributed by atoms with van der Waals surface area (Å²) in [7, 11) is 1.71. The molecule has 5 nitrogen and oxygen atoms in total. The Bertz CT molecular complexity index is 626. The maximum absolute atomic E-state index is 5.42. The Hall–Kier alpha value is -1.88. The summed E-state index contributed by atoms with van der Waals surface area (Å²) in [6.45, 7) is 3.91. The highest BCUT2D eigenvalue weighted by molar-refractivity contribution is 5.30. The predicted molar refractivity (Wildman–Crippen MR) is 88.3 cm³/mol. The number of hydrogen-bond acceptors (Lipinski definition) is 5. The van der Waals surface area contributed by atoms with Crippen molar-refractivity contribution < 1.29 is 9.26 Å². The molecular formula is C18H25N3O2. The van der Waals surface area contributed by atoms with Crippen molar-refractivity contribution in [3.63, 3.8) is 0 Å². The second kappa shape index (κ2) is 7.59. The lowest BCUT2D eigenvalue weighted by Crippen LogP contribution is -2.33. The third-order valence-electron chi connectivity index (χ3n) is 4.41. The summed E-state index contributed by atoms with van der Waals surface area (Å²) in [4.78, 5) is 6.96. The van der Waals surface area contributed by atoms with Gasteiger partial charge in [-0.3, -0.25) is 4.90 Å². The highest BCUT2D eigenvalue weighted by Gasteiger charge is 2.26. The van der Waals surface area contributed by atoms with Crippen LogP contribution >= 0.6 is 0 Å². The zero-order chi connectivity index (χ0) is 16.1. The van der Waals surface area contributed by atoms with E-state index >= 15 is 0 Å². The number of nitrogens with zero attached hydrogens (tertiary/aromatic N) is 3. The van der Waals surface area contributed by atoms with E-state index in [9.17, 15) is 0 Å². The van der Waals surface area contributed by atoms with Gasteiger partial charge in [0.2, 0.25) is 5.89 Å². The molecule has 0 saturated carbocycles. The van der Waals surface area contributed by atoms with Gasteiger partial charge in [-0.25, -0.2) is 0 Å². The second-order valence-electron chi connectivity index (χ2n) is 6.11. The van der Waals surface area contributed by atoms with E-state index < -0.39 is 0 Å². The van der Waals surface area contributed by atoms with Gasteiger partial charge in [-0.1, -0.05) is 30.6 Å². The number of hydrogen-bond donors (Lipinski definition) is 0. The number of likely N-dealkylation sites (tertiary alicyclic amines) is 1. The zero-order valence-electron chi connectivity index (χ0n) is 14.0. The van der Waals surface area contributed by atoms with Gasteiger partial charge in [-0.2, -0.15) is 4.98 Å². The van der Waals surface area contributed by atoms with Gasteiger partial charge in [-0.05, 0) is 43.5 Å².